The molecule has 0 aliphatic heterocycles. The Bertz CT molecular complexity index is 294. The first-order valence-corrected chi connectivity index (χ1v) is 5.10. The minimum atomic E-state index is -0.835. The zero-order valence-corrected chi connectivity index (χ0v) is 9.65. The van der Waals surface area contributed by atoms with Crippen LogP contribution in [0.15, 0.2) is 12.4 Å². The zero-order chi connectivity index (χ0) is 10.9. The third-order valence-electron chi connectivity index (χ3n) is 2.94. The minimum Gasteiger partial charge on any atom is -0.381 e. The summed E-state index contributed by atoms with van der Waals surface area (Å²) in [6, 6.07) is 0. The molecule has 3 nitrogen and oxygen atoms in total. The fourth-order valence-electron chi connectivity index (χ4n) is 1.93. The Hall–Kier alpha value is -0.830. The van der Waals surface area contributed by atoms with Crippen LogP contribution < -0.4 is 0 Å². The molecule has 0 aliphatic rings. The van der Waals surface area contributed by atoms with E-state index in [-0.39, 0.29) is 11.8 Å². The molecule has 14 heavy (non-hydrogen) atoms. The van der Waals surface area contributed by atoms with Crippen LogP contribution in [0, 0.1) is 11.8 Å². The normalized spacial score (nSPS) is 12.9. The molecule has 0 fully saturated rings. The summed E-state index contributed by atoms with van der Waals surface area (Å²) in [6.45, 7) is 8.09. The second-order valence-electron chi connectivity index (χ2n) is 4.50. The Morgan fingerprint density at radius 2 is 1.79 bits per heavy atom. The largest absolute Gasteiger partial charge is 0.381 e. The Kier molecular flexibility index (Phi) is 3.00. The molecule has 1 aromatic rings. The van der Waals surface area contributed by atoms with Gasteiger partial charge in [0.2, 0.25) is 0 Å². The molecule has 0 unspecified atom stereocenters. The molecule has 0 aliphatic carbocycles. The molecule has 0 amide bonds. The van der Waals surface area contributed by atoms with Crippen molar-refractivity contribution in [2.45, 2.75) is 33.3 Å². The number of rotatable bonds is 3. The molecule has 0 saturated carbocycles. The summed E-state index contributed by atoms with van der Waals surface area (Å²) in [5.74, 6) is 1.06. The predicted molar refractivity (Wildman–Crippen MR) is 56.8 cm³/mol. The van der Waals surface area contributed by atoms with Crippen molar-refractivity contribution in [2.24, 2.45) is 18.9 Å². The summed E-state index contributed by atoms with van der Waals surface area (Å²) in [5.41, 5.74) is -0.835. The van der Waals surface area contributed by atoms with Gasteiger partial charge in [0, 0.05) is 19.4 Å². The number of nitrogens with zero attached hydrogens (tertiary/aromatic N) is 2. The first-order chi connectivity index (χ1) is 6.40. The first-order valence-electron chi connectivity index (χ1n) is 5.10. The van der Waals surface area contributed by atoms with Crippen LogP contribution in [0.3, 0.4) is 0 Å². The van der Waals surface area contributed by atoms with Gasteiger partial charge in [-0.1, -0.05) is 27.7 Å². The maximum absolute atomic E-state index is 10.6. The average Bonchev–Trinajstić information content (AvgIpc) is 2.49. The summed E-state index contributed by atoms with van der Waals surface area (Å²) in [7, 11) is 1.91. The molecular formula is C11H20N2O. The maximum Gasteiger partial charge on any atom is 0.141 e. The van der Waals surface area contributed by atoms with Crippen molar-refractivity contribution in [3.63, 3.8) is 0 Å². The summed E-state index contributed by atoms with van der Waals surface area (Å²) in [4.78, 5) is 4.24. The molecule has 1 N–H and O–H groups in total. The maximum atomic E-state index is 10.6. The van der Waals surface area contributed by atoms with E-state index in [2.05, 4.69) is 4.98 Å². The van der Waals surface area contributed by atoms with Crippen LogP contribution in [0.1, 0.15) is 33.5 Å². The number of aryl methyl sites for hydroxylation is 1. The van der Waals surface area contributed by atoms with Crippen LogP contribution in [0.25, 0.3) is 0 Å². The summed E-state index contributed by atoms with van der Waals surface area (Å²) in [5, 5.41) is 10.6. The molecule has 0 aromatic carbocycles. The number of aliphatic hydroxyl groups is 1. The number of aromatic nitrogens is 2. The summed E-state index contributed by atoms with van der Waals surface area (Å²) < 4.78 is 1.89. The van der Waals surface area contributed by atoms with Crippen LogP contribution >= 0.6 is 0 Å². The van der Waals surface area contributed by atoms with Crippen LogP contribution in [0.2, 0.25) is 0 Å². The molecule has 0 atom stereocenters. The summed E-state index contributed by atoms with van der Waals surface area (Å²) >= 11 is 0. The molecule has 1 heterocycles. The molecule has 3 heteroatoms. The molecule has 1 aromatic heterocycles. The topological polar surface area (TPSA) is 38.1 Å². The van der Waals surface area contributed by atoms with Crippen LogP contribution in [-0.4, -0.2) is 14.7 Å². The van der Waals surface area contributed by atoms with Crippen molar-refractivity contribution in [1.82, 2.24) is 9.55 Å². The van der Waals surface area contributed by atoms with Crippen molar-refractivity contribution in [3.05, 3.63) is 18.2 Å². The van der Waals surface area contributed by atoms with Crippen molar-refractivity contribution in [2.75, 3.05) is 0 Å². The van der Waals surface area contributed by atoms with E-state index in [1.54, 1.807) is 6.20 Å². The second kappa shape index (κ2) is 3.73. The third kappa shape index (κ3) is 1.57. The van der Waals surface area contributed by atoms with Crippen molar-refractivity contribution >= 4 is 0 Å². The molecule has 1 rings (SSSR count). The number of hydrogen-bond donors (Lipinski definition) is 1. The number of imidazole rings is 1. The lowest BCUT2D eigenvalue weighted by atomic mass is 9.79. The molecule has 0 bridgehead atoms. The van der Waals surface area contributed by atoms with Gasteiger partial charge in [-0.3, -0.25) is 0 Å². The highest BCUT2D eigenvalue weighted by atomic mass is 16.3. The minimum absolute atomic E-state index is 0.156. The molecule has 0 radical (unpaired) electrons. The van der Waals surface area contributed by atoms with Crippen molar-refractivity contribution < 1.29 is 5.11 Å². The lowest BCUT2D eigenvalue weighted by Gasteiger charge is -2.35. The van der Waals surface area contributed by atoms with Gasteiger partial charge in [0.15, 0.2) is 0 Å². The monoisotopic (exact) mass is 196 g/mol. The van der Waals surface area contributed by atoms with E-state index in [4.69, 9.17) is 0 Å². The van der Waals surface area contributed by atoms with Crippen LogP contribution in [-0.2, 0) is 12.6 Å². The average molecular weight is 196 g/mol. The van der Waals surface area contributed by atoms with Crippen molar-refractivity contribution in [1.29, 1.82) is 0 Å². The lowest BCUT2D eigenvalue weighted by Crippen LogP contribution is -2.40. The van der Waals surface area contributed by atoms with Gasteiger partial charge in [0.25, 0.3) is 0 Å². The fraction of sp³-hybridized carbons (Fsp3) is 0.727. The van der Waals surface area contributed by atoms with E-state index in [0.717, 1.165) is 5.82 Å². The Morgan fingerprint density at radius 3 is 2.07 bits per heavy atom. The second-order valence-corrected chi connectivity index (χ2v) is 4.50. The van der Waals surface area contributed by atoms with Gasteiger partial charge in [-0.05, 0) is 11.8 Å². The Balaban J connectivity index is 3.19. The first kappa shape index (κ1) is 11.2. The van der Waals surface area contributed by atoms with Gasteiger partial charge in [-0.15, -0.1) is 0 Å². The SMILES string of the molecule is CC(C)C(O)(c1nccn1C)C(C)C. The quantitative estimate of drug-likeness (QED) is 0.802. The van der Waals surface area contributed by atoms with Gasteiger partial charge in [-0.2, -0.15) is 0 Å². The number of hydrogen-bond acceptors (Lipinski definition) is 2. The molecule has 0 saturated heterocycles. The van der Waals surface area contributed by atoms with E-state index in [0.29, 0.717) is 0 Å². The highest BCUT2D eigenvalue weighted by Gasteiger charge is 2.39. The van der Waals surface area contributed by atoms with Crippen LogP contribution in [0.5, 0.6) is 0 Å². The highest BCUT2D eigenvalue weighted by Crippen LogP contribution is 2.35. The van der Waals surface area contributed by atoms with Gasteiger partial charge < -0.3 is 9.67 Å². The van der Waals surface area contributed by atoms with E-state index in [1.165, 1.54) is 0 Å². The molecule has 80 valence electrons. The highest BCUT2D eigenvalue weighted by molar-refractivity contribution is 5.07. The van der Waals surface area contributed by atoms with Crippen LogP contribution in [0.4, 0.5) is 0 Å². The van der Waals surface area contributed by atoms with Gasteiger partial charge >= 0.3 is 0 Å². The van der Waals surface area contributed by atoms with E-state index >= 15 is 0 Å². The van der Waals surface area contributed by atoms with E-state index in [1.807, 2.05) is 45.5 Å². The van der Waals surface area contributed by atoms with Crippen molar-refractivity contribution in [3.8, 4) is 0 Å². The third-order valence-corrected chi connectivity index (χ3v) is 2.94. The fourth-order valence-corrected chi connectivity index (χ4v) is 1.93. The summed E-state index contributed by atoms with van der Waals surface area (Å²) in [6.07, 6.45) is 3.59. The lowest BCUT2D eigenvalue weighted by molar-refractivity contribution is -0.0628. The molecule has 0 spiro atoms. The predicted octanol–water partition coefficient (Wildman–Crippen LogP) is 1.92. The van der Waals surface area contributed by atoms with Gasteiger partial charge in [0.1, 0.15) is 11.4 Å². The van der Waals surface area contributed by atoms with Gasteiger partial charge in [-0.25, -0.2) is 4.98 Å². The smallest absolute Gasteiger partial charge is 0.141 e. The van der Waals surface area contributed by atoms with E-state index < -0.39 is 5.60 Å². The Morgan fingerprint density at radius 1 is 1.29 bits per heavy atom. The Labute approximate surface area is 85.8 Å². The van der Waals surface area contributed by atoms with E-state index in [9.17, 15) is 5.11 Å². The zero-order valence-electron chi connectivity index (χ0n) is 9.65. The van der Waals surface area contributed by atoms with Gasteiger partial charge in [0.05, 0.1) is 0 Å². The standard InChI is InChI=1S/C11H20N2O/c1-8(2)11(14,9(3)4)10-12-6-7-13(10)5/h6-9,14H,1-5H3. The molecular weight excluding hydrogens is 176 g/mol.